The molecule has 0 spiro atoms. The summed E-state index contributed by atoms with van der Waals surface area (Å²) in [5, 5.41) is 8.94. The van der Waals surface area contributed by atoms with Crippen molar-refractivity contribution >= 4 is 27.7 Å². The molecule has 2 aromatic carbocycles. The number of nitrogens with zero attached hydrogens (tertiary/aromatic N) is 2. The largest absolute Gasteiger partial charge is 0.494 e. The number of halogens is 1. The maximum Gasteiger partial charge on any atom is 0.255 e. The average Bonchev–Trinajstić information content (AvgIpc) is 3.26. The number of amides is 1. The highest BCUT2D eigenvalue weighted by Crippen LogP contribution is 2.44. The molecule has 0 aliphatic carbocycles. The number of aliphatic imine (C=N–C) groups is 1. The zero-order chi connectivity index (χ0) is 24.0. The number of hydrogen-bond acceptors (Lipinski definition) is 6. The molecule has 0 radical (unpaired) electrons. The Morgan fingerprint density at radius 2 is 1.91 bits per heavy atom. The lowest BCUT2D eigenvalue weighted by Crippen LogP contribution is -2.53. The monoisotopic (exact) mass is 528 g/mol. The van der Waals surface area contributed by atoms with Gasteiger partial charge in [-0.3, -0.25) is 4.79 Å². The molecule has 1 saturated heterocycles. The second-order valence-electron chi connectivity index (χ2n) is 8.24. The SMILES string of the molecule is C=CC[C@@]1(C(=O)N2CCOCC2)N=C(c2ccc(OCCCO)cc2)O[C@@H]1c1ccc(Br)cc1. The maximum atomic E-state index is 13.9. The Labute approximate surface area is 208 Å². The van der Waals surface area contributed by atoms with Crippen molar-refractivity contribution in [2.45, 2.75) is 24.5 Å². The van der Waals surface area contributed by atoms with E-state index in [4.69, 9.17) is 24.3 Å². The first-order valence-corrected chi connectivity index (χ1v) is 12.2. The number of ether oxygens (including phenoxy) is 3. The summed E-state index contributed by atoms with van der Waals surface area (Å²) in [6.07, 6.45) is 2.05. The lowest BCUT2D eigenvalue weighted by atomic mass is 9.84. The maximum absolute atomic E-state index is 13.9. The van der Waals surface area contributed by atoms with Crippen LogP contribution in [0.3, 0.4) is 0 Å². The summed E-state index contributed by atoms with van der Waals surface area (Å²) in [5.41, 5.74) is 0.477. The molecule has 4 rings (SSSR count). The molecule has 0 saturated carbocycles. The van der Waals surface area contributed by atoms with Crippen LogP contribution in [0.2, 0.25) is 0 Å². The van der Waals surface area contributed by atoms with E-state index in [9.17, 15) is 4.79 Å². The van der Waals surface area contributed by atoms with Gasteiger partial charge in [-0.05, 0) is 42.0 Å². The Morgan fingerprint density at radius 1 is 1.21 bits per heavy atom. The summed E-state index contributed by atoms with van der Waals surface area (Å²) in [4.78, 5) is 20.7. The van der Waals surface area contributed by atoms with E-state index in [0.29, 0.717) is 57.4 Å². The molecule has 7 nitrogen and oxygen atoms in total. The summed E-state index contributed by atoms with van der Waals surface area (Å²) >= 11 is 3.48. The van der Waals surface area contributed by atoms with Gasteiger partial charge in [0.1, 0.15) is 5.75 Å². The molecule has 1 amide bonds. The third-order valence-electron chi connectivity index (χ3n) is 5.93. The van der Waals surface area contributed by atoms with Gasteiger partial charge in [0.25, 0.3) is 5.91 Å². The fourth-order valence-corrected chi connectivity index (χ4v) is 4.46. The quantitative estimate of drug-likeness (QED) is 0.394. The Balaban J connectivity index is 1.70. The van der Waals surface area contributed by atoms with Crippen LogP contribution in [0.25, 0.3) is 0 Å². The number of morpholine rings is 1. The summed E-state index contributed by atoms with van der Waals surface area (Å²) in [7, 11) is 0. The van der Waals surface area contributed by atoms with E-state index in [1.165, 1.54) is 0 Å². The van der Waals surface area contributed by atoms with Crippen molar-refractivity contribution in [2.75, 3.05) is 39.5 Å². The predicted octanol–water partition coefficient (Wildman–Crippen LogP) is 3.90. The first kappa shape index (κ1) is 24.4. The van der Waals surface area contributed by atoms with Gasteiger partial charge in [0.2, 0.25) is 5.90 Å². The van der Waals surface area contributed by atoms with Crippen LogP contribution in [-0.4, -0.2) is 66.9 Å². The normalized spacial score (nSPS) is 22.1. The van der Waals surface area contributed by atoms with Crippen molar-refractivity contribution in [1.82, 2.24) is 4.90 Å². The van der Waals surface area contributed by atoms with Crippen LogP contribution in [0.5, 0.6) is 5.75 Å². The molecule has 2 aliphatic rings. The summed E-state index contributed by atoms with van der Waals surface area (Å²) in [5.74, 6) is 1.03. The van der Waals surface area contributed by atoms with Crippen LogP contribution in [-0.2, 0) is 14.3 Å². The standard InChI is InChI=1S/C26H29BrN2O5/c1-2-12-26(25(31)29-13-17-32-18-14-29)23(19-4-8-21(27)9-5-19)34-24(28-26)20-6-10-22(11-7-20)33-16-3-15-30/h2,4-11,23,30H,1,3,12-18H2/t23-,26-/m1/s1. The van der Waals surface area contributed by atoms with Crippen molar-refractivity contribution in [2.24, 2.45) is 4.99 Å². The number of rotatable bonds is 9. The predicted molar refractivity (Wildman–Crippen MR) is 133 cm³/mol. The first-order valence-electron chi connectivity index (χ1n) is 11.4. The lowest BCUT2D eigenvalue weighted by Gasteiger charge is -2.36. The minimum atomic E-state index is -1.15. The molecule has 2 heterocycles. The van der Waals surface area contributed by atoms with Crippen molar-refractivity contribution in [1.29, 1.82) is 0 Å². The zero-order valence-electron chi connectivity index (χ0n) is 19.0. The third-order valence-corrected chi connectivity index (χ3v) is 6.46. The van der Waals surface area contributed by atoms with Gasteiger partial charge in [0.15, 0.2) is 11.6 Å². The molecular weight excluding hydrogens is 500 g/mol. The highest BCUT2D eigenvalue weighted by molar-refractivity contribution is 9.10. The van der Waals surface area contributed by atoms with E-state index in [-0.39, 0.29) is 12.5 Å². The molecule has 2 aromatic rings. The number of carbonyl (C=O) groups excluding carboxylic acids is 1. The van der Waals surface area contributed by atoms with Crippen LogP contribution < -0.4 is 4.74 Å². The van der Waals surface area contributed by atoms with E-state index in [0.717, 1.165) is 15.6 Å². The van der Waals surface area contributed by atoms with Crippen LogP contribution in [0, 0.1) is 0 Å². The summed E-state index contributed by atoms with van der Waals surface area (Å²) < 4.78 is 18.5. The second-order valence-corrected chi connectivity index (χ2v) is 9.15. The molecule has 1 fully saturated rings. The number of carbonyl (C=O) groups is 1. The van der Waals surface area contributed by atoms with Crippen molar-refractivity contribution < 1.29 is 24.1 Å². The average molecular weight is 529 g/mol. The van der Waals surface area contributed by atoms with Crippen LogP contribution >= 0.6 is 15.9 Å². The number of hydrogen-bond donors (Lipinski definition) is 1. The first-order chi connectivity index (χ1) is 16.6. The van der Waals surface area contributed by atoms with Crippen LogP contribution in [0.4, 0.5) is 0 Å². The van der Waals surface area contributed by atoms with E-state index in [1.54, 1.807) is 6.08 Å². The minimum absolute atomic E-state index is 0.0809. The van der Waals surface area contributed by atoms with Crippen LogP contribution in [0.15, 0.2) is 70.7 Å². The van der Waals surface area contributed by atoms with Gasteiger partial charge in [-0.2, -0.15) is 0 Å². The fraction of sp³-hybridized carbons (Fsp3) is 0.385. The summed E-state index contributed by atoms with van der Waals surface area (Å²) in [6.45, 7) is 6.51. The molecule has 8 heteroatoms. The zero-order valence-corrected chi connectivity index (χ0v) is 20.6. The van der Waals surface area contributed by atoms with Gasteiger partial charge in [-0.15, -0.1) is 6.58 Å². The Bertz CT molecular complexity index is 1020. The third kappa shape index (κ3) is 5.19. The van der Waals surface area contributed by atoms with Gasteiger partial charge < -0.3 is 24.2 Å². The number of aliphatic hydroxyl groups excluding tert-OH is 1. The van der Waals surface area contributed by atoms with E-state index < -0.39 is 11.6 Å². The van der Waals surface area contributed by atoms with Crippen molar-refractivity contribution in [3.8, 4) is 5.75 Å². The Morgan fingerprint density at radius 3 is 2.56 bits per heavy atom. The van der Waals surface area contributed by atoms with E-state index in [2.05, 4.69) is 22.5 Å². The molecule has 180 valence electrons. The molecule has 34 heavy (non-hydrogen) atoms. The molecule has 0 unspecified atom stereocenters. The molecular formula is C26H29BrN2O5. The number of benzene rings is 2. The topological polar surface area (TPSA) is 80.6 Å². The van der Waals surface area contributed by atoms with Crippen LogP contribution in [0.1, 0.15) is 30.1 Å². The Hall–Kier alpha value is -2.68. The highest BCUT2D eigenvalue weighted by atomic mass is 79.9. The molecule has 2 atom stereocenters. The second kappa shape index (κ2) is 11.2. The molecule has 0 aromatic heterocycles. The Kier molecular flexibility index (Phi) is 8.03. The molecule has 0 bridgehead atoms. The van der Waals surface area contributed by atoms with Crippen molar-refractivity contribution in [3.05, 3.63) is 76.8 Å². The lowest BCUT2D eigenvalue weighted by molar-refractivity contribution is -0.143. The smallest absolute Gasteiger partial charge is 0.255 e. The number of aliphatic hydroxyl groups is 1. The highest BCUT2D eigenvalue weighted by Gasteiger charge is 2.54. The minimum Gasteiger partial charge on any atom is -0.494 e. The fourth-order valence-electron chi connectivity index (χ4n) is 4.20. The van der Waals surface area contributed by atoms with Gasteiger partial charge in [-0.1, -0.05) is 34.1 Å². The molecule has 2 aliphatic heterocycles. The van der Waals surface area contributed by atoms with Crippen molar-refractivity contribution in [3.63, 3.8) is 0 Å². The molecule has 1 N–H and O–H groups in total. The van der Waals surface area contributed by atoms with E-state index in [1.807, 2.05) is 53.4 Å². The van der Waals surface area contributed by atoms with E-state index >= 15 is 0 Å². The summed E-state index contributed by atoms with van der Waals surface area (Å²) in [6, 6.07) is 15.2. The van der Waals surface area contributed by atoms with Gasteiger partial charge >= 0.3 is 0 Å². The van der Waals surface area contributed by atoms with Gasteiger partial charge in [0, 0.05) is 42.6 Å². The van der Waals surface area contributed by atoms with Gasteiger partial charge in [-0.25, -0.2) is 4.99 Å². The van der Waals surface area contributed by atoms with Gasteiger partial charge in [0.05, 0.1) is 19.8 Å².